The van der Waals surface area contributed by atoms with E-state index >= 15 is 0 Å². The number of ether oxygens (including phenoxy) is 1. The molecule has 0 unspecified atom stereocenters. The minimum atomic E-state index is -1.35. The molecule has 0 saturated carbocycles. The van der Waals surface area contributed by atoms with E-state index in [0.717, 1.165) is 12.0 Å². The van der Waals surface area contributed by atoms with Gasteiger partial charge in [0.25, 0.3) is 5.91 Å². The molecule has 0 radical (unpaired) electrons. The fourth-order valence-electron chi connectivity index (χ4n) is 3.37. The Labute approximate surface area is 146 Å². The molecule has 2 heterocycles. The van der Waals surface area contributed by atoms with Crippen LogP contribution in [0, 0.1) is 0 Å². The molecule has 136 valence electrons. The first-order valence-corrected chi connectivity index (χ1v) is 8.42. The first-order valence-electron chi connectivity index (χ1n) is 8.42. The van der Waals surface area contributed by atoms with Crippen molar-refractivity contribution < 1.29 is 19.3 Å². The largest absolute Gasteiger partial charge is 0.383 e. The lowest BCUT2D eigenvalue weighted by Crippen LogP contribution is -2.58. The van der Waals surface area contributed by atoms with Crippen LogP contribution in [-0.4, -0.2) is 77.1 Å². The number of amides is 1. The van der Waals surface area contributed by atoms with Gasteiger partial charge in [-0.25, -0.2) is 4.63 Å². The Morgan fingerprint density at radius 2 is 2.20 bits per heavy atom. The molecule has 8 heteroatoms. The molecule has 25 heavy (non-hydrogen) atoms. The molecule has 0 spiro atoms. The van der Waals surface area contributed by atoms with Crippen molar-refractivity contribution >= 4 is 16.9 Å². The molecule has 0 aliphatic carbocycles. The molecule has 0 bridgehead atoms. The van der Waals surface area contributed by atoms with Gasteiger partial charge in [-0.2, -0.15) is 0 Å². The van der Waals surface area contributed by atoms with Gasteiger partial charge >= 0.3 is 0 Å². The van der Waals surface area contributed by atoms with Gasteiger partial charge in [0.1, 0.15) is 11.0 Å². The van der Waals surface area contributed by atoms with Gasteiger partial charge < -0.3 is 14.7 Å². The topological polar surface area (TPSA) is 91.9 Å². The molecule has 1 aliphatic heterocycles. The molecular formula is C17H24N4O4. The highest BCUT2D eigenvalue weighted by atomic mass is 16.6. The zero-order valence-electron chi connectivity index (χ0n) is 14.6. The normalized spacial score (nSPS) is 21.4. The van der Waals surface area contributed by atoms with Crippen molar-refractivity contribution in [2.75, 3.05) is 40.4 Å². The molecule has 2 aromatic rings. The van der Waals surface area contributed by atoms with E-state index in [0.29, 0.717) is 43.7 Å². The van der Waals surface area contributed by atoms with Crippen LogP contribution in [0.2, 0.25) is 0 Å². The van der Waals surface area contributed by atoms with Crippen molar-refractivity contribution in [3.63, 3.8) is 0 Å². The minimum absolute atomic E-state index is 0.209. The number of hydrogen-bond donors (Lipinski definition) is 1. The maximum Gasteiger partial charge on any atom is 0.255 e. The highest BCUT2D eigenvalue weighted by Gasteiger charge is 2.42. The fraction of sp³-hybridized carbons (Fsp3) is 0.588. The van der Waals surface area contributed by atoms with Crippen LogP contribution in [0.15, 0.2) is 22.8 Å². The van der Waals surface area contributed by atoms with Crippen LogP contribution >= 0.6 is 0 Å². The van der Waals surface area contributed by atoms with E-state index < -0.39 is 5.60 Å². The first kappa shape index (κ1) is 17.8. The maximum absolute atomic E-state index is 12.6. The Morgan fingerprint density at radius 1 is 1.40 bits per heavy atom. The number of likely N-dealkylation sites (N-methyl/N-ethyl adjacent to an activating group) is 1. The number of carbonyl (C=O) groups excluding carboxylic acids is 1. The average molecular weight is 348 g/mol. The minimum Gasteiger partial charge on any atom is -0.383 e. The van der Waals surface area contributed by atoms with Crippen LogP contribution in [0.1, 0.15) is 18.4 Å². The van der Waals surface area contributed by atoms with Crippen LogP contribution < -0.4 is 0 Å². The molecule has 8 nitrogen and oxygen atoms in total. The highest BCUT2D eigenvalue weighted by Crippen LogP contribution is 2.24. The van der Waals surface area contributed by atoms with Crippen molar-refractivity contribution in [1.29, 1.82) is 0 Å². The zero-order chi connectivity index (χ0) is 17.9. The number of piperidine rings is 1. The molecule has 1 aromatic heterocycles. The second kappa shape index (κ2) is 7.47. The van der Waals surface area contributed by atoms with Gasteiger partial charge in [-0.1, -0.05) is 6.07 Å². The van der Waals surface area contributed by atoms with Gasteiger partial charge in [0.05, 0.1) is 6.61 Å². The molecule has 3 rings (SSSR count). The summed E-state index contributed by atoms with van der Waals surface area (Å²) < 4.78 is 9.75. The molecule has 1 atom stereocenters. The van der Waals surface area contributed by atoms with Crippen LogP contribution in [0.4, 0.5) is 0 Å². The van der Waals surface area contributed by atoms with Gasteiger partial charge in [0.15, 0.2) is 5.60 Å². The van der Waals surface area contributed by atoms with Gasteiger partial charge in [-0.05, 0) is 47.9 Å². The lowest BCUT2D eigenvalue weighted by atomic mass is 9.91. The SMILES string of the molecule is COCCN1CCC[C@@](O)(CN(C)Cc2ccc3nonc3c2)C1=O. The number of rotatable bonds is 7. The maximum atomic E-state index is 12.6. The predicted octanol–water partition coefficient (Wildman–Crippen LogP) is 0.654. The van der Waals surface area contributed by atoms with Crippen molar-refractivity contribution in [3.05, 3.63) is 23.8 Å². The summed E-state index contributed by atoms with van der Waals surface area (Å²) in [6.45, 7) is 2.53. The summed E-state index contributed by atoms with van der Waals surface area (Å²) in [6.07, 6.45) is 1.27. The summed E-state index contributed by atoms with van der Waals surface area (Å²) in [7, 11) is 3.50. The van der Waals surface area contributed by atoms with E-state index in [1.54, 1.807) is 12.0 Å². The monoisotopic (exact) mass is 348 g/mol. The van der Waals surface area contributed by atoms with E-state index in [9.17, 15) is 9.90 Å². The van der Waals surface area contributed by atoms with Crippen LogP contribution in [-0.2, 0) is 16.1 Å². The number of benzene rings is 1. The fourth-order valence-corrected chi connectivity index (χ4v) is 3.37. The summed E-state index contributed by atoms with van der Waals surface area (Å²) in [5, 5.41) is 18.5. The summed E-state index contributed by atoms with van der Waals surface area (Å²) >= 11 is 0. The lowest BCUT2D eigenvalue weighted by Gasteiger charge is -2.40. The van der Waals surface area contributed by atoms with Gasteiger partial charge in [-0.15, -0.1) is 0 Å². The molecule has 1 aromatic carbocycles. The standard InChI is InChI=1S/C17H24N4O4/c1-20(11-13-4-5-14-15(10-13)19-25-18-14)12-17(23)6-3-7-21(16(17)22)8-9-24-2/h4-5,10,23H,3,6-9,11-12H2,1-2H3/t17-/m1/s1. The quantitative estimate of drug-likeness (QED) is 0.785. The summed E-state index contributed by atoms with van der Waals surface area (Å²) in [5.41, 5.74) is 1.08. The van der Waals surface area contributed by atoms with E-state index in [2.05, 4.69) is 10.3 Å². The third kappa shape index (κ3) is 3.97. The van der Waals surface area contributed by atoms with Crippen molar-refractivity contribution in [2.45, 2.75) is 25.0 Å². The lowest BCUT2D eigenvalue weighted by molar-refractivity contribution is -0.159. The molecule has 1 aliphatic rings. The number of carbonyl (C=O) groups is 1. The number of nitrogens with zero attached hydrogens (tertiary/aromatic N) is 4. The second-order valence-electron chi connectivity index (χ2n) is 6.68. The molecule has 1 amide bonds. The van der Waals surface area contributed by atoms with E-state index in [1.165, 1.54) is 0 Å². The number of hydrogen-bond acceptors (Lipinski definition) is 7. The second-order valence-corrected chi connectivity index (χ2v) is 6.68. The summed E-state index contributed by atoms with van der Waals surface area (Å²) in [4.78, 5) is 16.3. The Morgan fingerprint density at radius 3 is 3.00 bits per heavy atom. The van der Waals surface area contributed by atoms with Gasteiger partial charge in [-0.3, -0.25) is 9.69 Å². The van der Waals surface area contributed by atoms with E-state index in [-0.39, 0.29) is 12.5 Å². The number of aliphatic hydroxyl groups is 1. The molecule has 1 saturated heterocycles. The number of fused-ring (bicyclic) bond motifs is 1. The van der Waals surface area contributed by atoms with Crippen LogP contribution in [0.25, 0.3) is 11.0 Å². The summed E-state index contributed by atoms with van der Waals surface area (Å²) in [6, 6.07) is 5.70. The van der Waals surface area contributed by atoms with Gasteiger partial charge in [0.2, 0.25) is 0 Å². The third-order valence-electron chi connectivity index (χ3n) is 4.57. The predicted molar refractivity (Wildman–Crippen MR) is 90.8 cm³/mol. The zero-order valence-corrected chi connectivity index (χ0v) is 14.6. The van der Waals surface area contributed by atoms with Gasteiger partial charge in [0, 0.05) is 33.3 Å². The van der Waals surface area contributed by atoms with Crippen molar-refractivity contribution in [2.24, 2.45) is 0 Å². The smallest absolute Gasteiger partial charge is 0.255 e. The molecule has 1 fully saturated rings. The Kier molecular flexibility index (Phi) is 5.31. The third-order valence-corrected chi connectivity index (χ3v) is 4.57. The van der Waals surface area contributed by atoms with Crippen LogP contribution in [0.5, 0.6) is 0 Å². The van der Waals surface area contributed by atoms with Crippen molar-refractivity contribution in [1.82, 2.24) is 20.1 Å². The Bertz CT molecular complexity index is 734. The highest BCUT2D eigenvalue weighted by molar-refractivity contribution is 5.86. The Balaban J connectivity index is 1.63. The van der Waals surface area contributed by atoms with E-state index in [1.807, 2.05) is 30.1 Å². The number of likely N-dealkylation sites (tertiary alicyclic amines) is 1. The number of methoxy groups -OCH3 is 1. The molecule has 1 N–H and O–H groups in total. The average Bonchev–Trinajstić information content (AvgIpc) is 3.04. The van der Waals surface area contributed by atoms with Crippen LogP contribution in [0.3, 0.4) is 0 Å². The van der Waals surface area contributed by atoms with Crippen molar-refractivity contribution in [3.8, 4) is 0 Å². The summed E-state index contributed by atoms with van der Waals surface area (Å²) in [5.74, 6) is -0.209. The first-order chi connectivity index (χ1) is 12.0. The number of aromatic nitrogens is 2. The Hall–Kier alpha value is -2.03. The van der Waals surface area contributed by atoms with E-state index in [4.69, 9.17) is 9.37 Å². The molecular weight excluding hydrogens is 324 g/mol.